The highest BCUT2D eigenvalue weighted by Gasteiger charge is 2.12. The second-order valence-corrected chi connectivity index (χ2v) is 5.90. The van der Waals surface area contributed by atoms with Gasteiger partial charge in [-0.05, 0) is 52.9 Å². The van der Waals surface area contributed by atoms with Crippen molar-refractivity contribution in [3.05, 3.63) is 34.5 Å². The first kappa shape index (κ1) is 15.8. The van der Waals surface area contributed by atoms with Crippen molar-refractivity contribution in [1.29, 1.82) is 0 Å². The topological polar surface area (TPSA) is 84.3 Å². The number of nitrogens with two attached hydrogens (primary N) is 2. The molecule has 0 amide bonds. The van der Waals surface area contributed by atoms with Crippen LogP contribution in [-0.2, 0) is 6.54 Å². The molecule has 5 heteroatoms. The van der Waals surface area contributed by atoms with Gasteiger partial charge >= 0.3 is 0 Å². The number of aliphatic hydroxyl groups excluding tert-OH is 1. The molecule has 0 spiro atoms. The summed E-state index contributed by atoms with van der Waals surface area (Å²) in [7, 11) is 0. The van der Waals surface area contributed by atoms with E-state index < -0.39 is 0 Å². The second kappa shape index (κ2) is 7.45. The average molecular weight is 305 g/mol. The zero-order chi connectivity index (χ0) is 15.2. The van der Waals surface area contributed by atoms with Gasteiger partial charge in [-0.15, -0.1) is 0 Å². The molecule has 1 heterocycles. The fourth-order valence-electron chi connectivity index (χ4n) is 2.36. The monoisotopic (exact) mass is 305 g/mol. The van der Waals surface area contributed by atoms with Gasteiger partial charge in [-0.25, -0.2) is 0 Å². The number of anilines is 2. The normalized spacial score (nSPS) is 12.5. The zero-order valence-corrected chi connectivity index (χ0v) is 13.1. The van der Waals surface area contributed by atoms with Crippen LogP contribution in [0.3, 0.4) is 0 Å². The minimum atomic E-state index is 0.212. The van der Waals surface area contributed by atoms with Crippen LogP contribution in [0.2, 0.25) is 0 Å². The van der Waals surface area contributed by atoms with Crippen molar-refractivity contribution in [1.82, 2.24) is 5.32 Å². The number of benzene rings is 1. The lowest BCUT2D eigenvalue weighted by Gasteiger charge is -2.16. The van der Waals surface area contributed by atoms with Gasteiger partial charge in [0.05, 0.1) is 0 Å². The fourth-order valence-corrected chi connectivity index (χ4v) is 3.22. The van der Waals surface area contributed by atoms with E-state index in [9.17, 15) is 0 Å². The van der Waals surface area contributed by atoms with Gasteiger partial charge in [-0.1, -0.05) is 6.92 Å². The molecule has 114 valence electrons. The third-order valence-electron chi connectivity index (χ3n) is 3.66. The fraction of sp³-hybridized carbons (Fsp3) is 0.375. The van der Waals surface area contributed by atoms with Crippen molar-refractivity contribution in [2.24, 2.45) is 0 Å². The molecule has 2 aromatic rings. The highest BCUT2D eigenvalue weighted by molar-refractivity contribution is 7.08. The van der Waals surface area contributed by atoms with Crippen LogP contribution in [-0.4, -0.2) is 17.8 Å². The molecule has 0 saturated carbocycles. The standard InChI is InChI=1S/C16H23N3OS/c1-2-13(5-6-20)19-8-11-9-21-10-15(11)14-7-12(17)3-4-16(14)18/h3-4,7,9-10,13,19-20H,2,5-6,8,17-18H2,1H3. The van der Waals surface area contributed by atoms with E-state index in [2.05, 4.69) is 23.0 Å². The lowest BCUT2D eigenvalue weighted by atomic mass is 10.0. The Hall–Kier alpha value is -1.56. The first-order valence-electron chi connectivity index (χ1n) is 7.20. The molecule has 0 aliphatic carbocycles. The third-order valence-corrected chi connectivity index (χ3v) is 4.45. The Balaban J connectivity index is 2.17. The second-order valence-electron chi connectivity index (χ2n) is 5.16. The highest BCUT2D eigenvalue weighted by atomic mass is 32.1. The molecule has 1 unspecified atom stereocenters. The van der Waals surface area contributed by atoms with Crippen molar-refractivity contribution < 1.29 is 5.11 Å². The molecular formula is C16H23N3OS. The van der Waals surface area contributed by atoms with Crippen molar-refractivity contribution in [3.8, 4) is 11.1 Å². The van der Waals surface area contributed by atoms with E-state index in [0.29, 0.717) is 6.04 Å². The van der Waals surface area contributed by atoms with E-state index in [-0.39, 0.29) is 6.61 Å². The van der Waals surface area contributed by atoms with Gasteiger partial charge in [0.2, 0.25) is 0 Å². The molecule has 1 aromatic carbocycles. The molecular weight excluding hydrogens is 282 g/mol. The lowest BCUT2D eigenvalue weighted by Crippen LogP contribution is -2.28. The molecule has 4 nitrogen and oxygen atoms in total. The number of hydrogen-bond acceptors (Lipinski definition) is 5. The quantitative estimate of drug-likeness (QED) is 0.593. The predicted molar refractivity (Wildman–Crippen MR) is 91.2 cm³/mol. The number of nitrogen functional groups attached to an aromatic ring is 2. The first-order valence-corrected chi connectivity index (χ1v) is 8.14. The summed E-state index contributed by atoms with van der Waals surface area (Å²) in [6, 6.07) is 5.92. The Labute approximate surface area is 129 Å². The number of hydrogen-bond donors (Lipinski definition) is 4. The zero-order valence-electron chi connectivity index (χ0n) is 12.3. The van der Waals surface area contributed by atoms with E-state index in [1.165, 1.54) is 5.56 Å². The molecule has 2 rings (SSSR count). The molecule has 1 atom stereocenters. The average Bonchev–Trinajstić information content (AvgIpc) is 2.94. The van der Waals surface area contributed by atoms with Crippen molar-refractivity contribution in [2.45, 2.75) is 32.4 Å². The van der Waals surface area contributed by atoms with Crippen LogP contribution in [0.25, 0.3) is 11.1 Å². The Morgan fingerprint density at radius 2 is 2.05 bits per heavy atom. The number of aliphatic hydroxyl groups is 1. The molecule has 0 saturated heterocycles. The van der Waals surface area contributed by atoms with Gasteiger partial charge in [0.1, 0.15) is 0 Å². The molecule has 0 bridgehead atoms. The van der Waals surface area contributed by atoms with Gasteiger partial charge < -0.3 is 21.9 Å². The summed E-state index contributed by atoms with van der Waals surface area (Å²) in [5.74, 6) is 0. The largest absolute Gasteiger partial charge is 0.399 e. The SMILES string of the molecule is CCC(CCO)NCc1cscc1-c1cc(N)ccc1N. The minimum Gasteiger partial charge on any atom is -0.399 e. The van der Waals surface area contributed by atoms with Gasteiger partial charge in [-0.3, -0.25) is 0 Å². The third kappa shape index (κ3) is 3.97. The maximum absolute atomic E-state index is 9.06. The number of nitrogens with one attached hydrogen (secondary N) is 1. The smallest absolute Gasteiger partial charge is 0.0445 e. The summed E-state index contributed by atoms with van der Waals surface area (Å²) < 4.78 is 0. The number of thiophene rings is 1. The summed E-state index contributed by atoms with van der Waals surface area (Å²) in [5.41, 5.74) is 16.7. The number of rotatable bonds is 7. The Bertz CT molecular complexity index is 583. The Morgan fingerprint density at radius 3 is 2.76 bits per heavy atom. The Morgan fingerprint density at radius 1 is 1.24 bits per heavy atom. The highest BCUT2D eigenvalue weighted by Crippen LogP contribution is 2.33. The van der Waals surface area contributed by atoms with Gasteiger partial charge in [0, 0.05) is 36.1 Å². The maximum Gasteiger partial charge on any atom is 0.0445 e. The van der Waals surface area contributed by atoms with Crippen LogP contribution in [0, 0.1) is 0 Å². The lowest BCUT2D eigenvalue weighted by molar-refractivity contribution is 0.262. The van der Waals surface area contributed by atoms with Crippen LogP contribution >= 0.6 is 11.3 Å². The van der Waals surface area contributed by atoms with E-state index in [1.807, 2.05) is 18.2 Å². The molecule has 21 heavy (non-hydrogen) atoms. The first-order chi connectivity index (χ1) is 10.2. The van der Waals surface area contributed by atoms with Crippen molar-refractivity contribution >= 4 is 22.7 Å². The summed E-state index contributed by atoms with van der Waals surface area (Å²) in [6.45, 7) is 3.10. The summed E-state index contributed by atoms with van der Waals surface area (Å²) in [6.07, 6.45) is 1.77. The summed E-state index contributed by atoms with van der Waals surface area (Å²) in [4.78, 5) is 0. The van der Waals surface area contributed by atoms with Crippen LogP contribution in [0.15, 0.2) is 29.0 Å². The van der Waals surface area contributed by atoms with Crippen LogP contribution < -0.4 is 16.8 Å². The van der Waals surface area contributed by atoms with Crippen LogP contribution in [0.5, 0.6) is 0 Å². The van der Waals surface area contributed by atoms with Gasteiger partial charge in [0.15, 0.2) is 0 Å². The van der Waals surface area contributed by atoms with E-state index in [0.717, 1.165) is 41.9 Å². The van der Waals surface area contributed by atoms with Crippen LogP contribution in [0.4, 0.5) is 11.4 Å². The summed E-state index contributed by atoms with van der Waals surface area (Å²) in [5, 5.41) is 16.8. The molecule has 0 aliphatic heterocycles. The van der Waals surface area contributed by atoms with E-state index in [1.54, 1.807) is 11.3 Å². The maximum atomic E-state index is 9.06. The van der Waals surface area contributed by atoms with Crippen LogP contribution in [0.1, 0.15) is 25.3 Å². The van der Waals surface area contributed by atoms with E-state index >= 15 is 0 Å². The van der Waals surface area contributed by atoms with Crippen molar-refractivity contribution in [3.63, 3.8) is 0 Å². The predicted octanol–water partition coefficient (Wildman–Crippen LogP) is 2.83. The molecule has 0 fully saturated rings. The molecule has 1 aromatic heterocycles. The van der Waals surface area contributed by atoms with Gasteiger partial charge in [0.25, 0.3) is 0 Å². The summed E-state index contributed by atoms with van der Waals surface area (Å²) >= 11 is 1.66. The molecule has 6 N–H and O–H groups in total. The van der Waals surface area contributed by atoms with Crippen molar-refractivity contribution in [2.75, 3.05) is 18.1 Å². The molecule has 0 radical (unpaired) electrons. The Kier molecular flexibility index (Phi) is 5.61. The molecule has 0 aliphatic rings. The van der Waals surface area contributed by atoms with Gasteiger partial charge in [-0.2, -0.15) is 11.3 Å². The van der Waals surface area contributed by atoms with E-state index in [4.69, 9.17) is 16.6 Å². The minimum absolute atomic E-state index is 0.212.